The van der Waals surface area contributed by atoms with Crippen LogP contribution in [0.1, 0.15) is 0 Å². The van der Waals surface area contributed by atoms with Gasteiger partial charge in [-0.15, -0.1) is 0 Å². The number of pyridine rings is 2. The molecule has 0 radical (unpaired) electrons. The minimum atomic E-state index is 0.614. The van der Waals surface area contributed by atoms with Crippen LogP contribution in [-0.4, -0.2) is 9.97 Å². The first-order chi connectivity index (χ1) is 18.3. The van der Waals surface area contributed by atoms with Gasteiger partial charge in [0.15, 0.2) is 0 Å². The van der Waals surface area contributed by atoms with Crippen LogP contribution in [-0.2, 0) is 0 Å². The molecule has 37 heavy (non-hydrogen) atoms. The summed E-state index contributed by atoms with van der Waals surface area (Å²) >= 11 is 0. The summed E-state index contributed by atoms with van der Waals surface area (Å²) < 4.78 is 12.2. The summed E-state index contributed by atoms with van der Waals surface area (Å²) in [4.78, 5) is 11.5. The van der Waals surface area contributed by atoms with Gasteiger partial charge in [0.05, 0.1) is 0 Å². The lowest BCUT2D eigenvalue weighted by molar-refractivity contribution is 0.654. The Morgan fingerprint density at radius 3 is 2.30 bits per heavy atom. The van der Waals surface area contributed by atoms with E-state index in [2.05, 4.69) is 82.7 Å². The molecule has 0 unspecified atom stereocenters. The predicted octanol–water partition coefficient (Wildman–Crippen LogP) is 8.90. The third-order valence-corrected chi connectivity index (χ3v) is 6.96. The summed E-state index contributed by atoms with van der Waals surface area (Å²) in [5.41, 5.74) is 5.07. The Kier molecular flexibility index (Phi) is 4.16. The van der Waals surface area contributed by atoms with Gasteiger partial charge in [0.1, 0.15) is 22.6 Å². The van der Waals surface area contributed by atoms with Crippen molar-refractivity contribution in [3.05, 3.63) is 116 Å². The average Bonchev–Trinajstić information content (AvgIpc) is 3.51. The Balaban J connectivity index is 1.38. The number of benzene rings is 4. The van der Waals surface area contributed by atoms with E-state index in [9.17, 15) is 0 Å². The van der Waals surface area contributed by atoms with Gasteiger partial charge in [0.2, 0.25) is 5.71 Å². The zero-order chi connectivity index (χ0) is 24.3. The van der Waals surface area contributed by atoms with E-state index in [1.165, 1.54) is 5.39 Å². The highest BCUT2D eigenvalue weighted by Crippen LogP contribution is 2.40. The summed E-state index contributed by atoms with van der Waals surface area (Å²) in [6, 6.07) is 35.1. The van der Waals surface area contributed by atoms with E-state index in [1.54, 1.807) is 6.20 Å². The number of nitrogens with zero attached hydrogens (tertiary/aromatic N) is 3. The lowest BCUT2D eigenvalue weighted by Crippen LogP contribution is -2.11. The van der Waals surface area contributed by atoms with Crippen LogP contribution in [0.25, 0.3) is 54.8 Å². The van der Waals surface area contributed by atoms with Gasteiger partial charge < -0.3 is 8.83 Å². The van der Waals surface area contributed by atoms with E-state index in [4.69, 9.17) is 13.8 Å². The molecule has 0 spiro atoms. The highest BCUT2D eigenvalue weighted by atomic mass is 16.3. The Labute approximate surface area is 211 Å². The molecule has 8 rings (SSSR count). The Hall–Kier alpha value is -5.16. The molecule has 5 heteroatoms. The van der Waals surface area contributed by atoms with Crippen molar-refractivity contribution in [1.82, 2.24) is 9.97 Å². The van der Waals surface area contributed by atoms with Crippen LogP contribution in [0.3, 0.4) is 0 Å². The van der Waals surface area contributed by atoms with Gasteiger partial charge >= 0.3 is 0 Å². The van der Waals surface area contributed by atoms with Crippen LogP contribution in [0.5, 0.6) is 0 Å². The van der Waals surface area contributed by atoms with E-state index in [-0.39, 0.29) is 0 Å². The molecule has 0 fully saturated rings. The van der Waals surface area contributed by atoms with Crippen molar-refractivity contribution in [2.24, 2.45) is 0 Å². The molecule has 174 valence electrons. The molecule has 8 aromatic rings. The highest BCUT2D eigenvalue weighted by Gasteiger charge is 2.19. The van der Waals surface area contributed by atoms with E-state index < -0.39 is 0 Å². The quantitative estimate of drug-likeness (QED) is 0.254. The predicted molar refractivity (Wildman–Crippen MR) is 149 cm³/mol. The SMILES string of the molecule is c1ccc2cc(N(c3ccc4oc5ccncc5c4c3)c3ccc4c(n3)oc3ccccc34)ccc2c1. The van der Waals surface area contributed by atoms with Gasteiger partial charge in [-0.05, 0) is 65.4 Å². The van der Waals surface area contributed by atoms with Crippen molar-refractivity contribution < 1.29 is 8.83 Å². The van der Waals surface area contributed by atoms with Gasteiger partial charge in [0.25, 0.3) is 0 Å². The number of hydrogen-bond acceptors (Lipinski definition) is 5. The first-order valence-corrected chi connectivity index (χ1v) is 12.2. The molecule has 4 aromatic carbocycles. The molecule has 4 aromatic heterocycles. The van der Waals surface area contributed by atoms with E-state index in [1.807, 2.05) is 36.5 Å². The fourth-order valence-corrected chi connectivity index (χ4v) is 5.20. The number of anilines is 3. The maximum atomic E-state index is 6.14. The van der Waals surface area contributed by atoms with E-state index in [0.29, 0.717) is 5.71 Å². The lowest BCUT2D eigenvalue weighted by atomic mass is 10.1. The molecule has 0 aliphatic heterocycles. The van der Waals surface area contributed by atoms with Gasteiger partial charge in [0, 0.05) is 45.3 Å². The van der Waals surface area contributed by atoms with Crippen molar-refractivity contribution in [2.45, 2.75) is 0 Å². The summed E-state index contributed by atoms with van der Waals surface area (Å²) in [5, 5.41) is 6.41. The Morgan fingerprint density at radius 1 is 0.541 bits per heavy atom. The highest BCUT2D eigenvalue weighted by molar-refractivity contribution is 6.07. The molecular formula is C32H19N3O2. The van der Waals surface area contributed by atoms with Gasteiger partial charge in [-0.3, -0.25) is 9.88 Å². The fraction of sp³-hybridized carbons (Fsp3) is 0. The second-order valence-corrected chi connectivity index (χ2v) is 9.14. The summed E-state index contributed by atoms with van der Waals surface area (Å²) in [6.07, 6.45) is 3.60. The normalized spacial score (nSPS) is 11.8. The number of aromatic nitrogens is 2. The second-order valence-electron chi connectivity index (χ2n) is 9.14. The van der Waals surface area contributed by atoms with Crippen molar-refractivity contribution >= 4 is 72.0 Å². The van der Waals surface area contributed by atoms with Gasteiger partial charge in [-0.1, -0.05) is 48.5 Å². The minimum absolute atomic E-state index is 0.614. The number of furan rings is 2. The Bertz CT molecular complexity index is 2120. The van der Waals surface area contributed by atoms with Crippen LogP contribution in [0.15, 0.2) is 124 Å². The first-order valence-electron chi connectivity index (χ1n) is 12.2. The van der Waals surface area contributed by atoms with E-state index >= 15 is 0 Å². The first kappa shape index (κ1) is 20.1. The zero-order valence-electron chi connectivity index (χ0n) is 19.6. The zero-order valence-corrected chi connectivity index (χ0v) is 19.6. The van der Waals surface area contributed by atoms with Crippen molar-refractivity contribution in [3.8, 4) is 0 Å². The van der Waals surface area contributed by atoms with Crippen molar-refractivity contribution in [3.63, 3.8) is 0 Å². The molecular weight excluding hydrogens is 458 g/mol. The van der Waals surface area contributed by atoms with Crippen molar-refractivity contribution in [1.29, 1.82) is 0 Å². The fourth-order valence-electron chi connectivity index (χ4n) is 5.20. The third-order valence-electron chi connectivity index (χ3n) is 6.96. The van der Waals surface area contributed by atoms with Crippen LogP contribution in [0, 0.1) is 0 Å². The van der Waals surface area contributed by atoms with Crippen molar-refractivity contribution in [2.75, 3.05) is 4.90 Å². The minimum Gasteiger partial charge on any atom is -0.456 e. The molecule has 0 saturated carbocycles. The van der Waals surface area contributed by atoms with E-state index in [0.717, 1.165) is 60.9 Å². The monoisotopic (exact) mass is 477 g/mol. The second kappa shape index (κ2) is 7.67. The van der Waals surface area contributed by atoms with Gasteiger partial charge in [-0.25, -0.2) is 0 Å². The molecule has 0 amide bonds. The summed E-state index contributed by atoms with van der Waals surface area (Å²) in [5.74, 6) is 0.770. The number of hydrogen-bond donors (Lipinski definition) is 0. The lowest BCUT2D eigenvalue weighted by Gasteiger charge is -2.24. The molecule has 0 bridgehead atoms. The number of rotatable bonds is 3. The molecule has 0 atom stereocenters. The smallest absolute Gasteiger partial charge is 0.229 e. The maximum Gasteiger partial charge on any atom is 0.229 e. The molecule has 0 N–H and O–H groups in total. The molecule has 5 nitrogen and oxygen atoms in total. The van der Waals surface area contributed by atoms with Gasteiger partial charge in [-0.2, -0.15) is 4.98 Å². The number of para-hydroxylation sites is 1. The third kappa shape index (κ3) is 3.11. The van der Waals surface area contributed by atoms with Crippen LogP contribution >= 0.6 is 0 Å². The largest absolute Gasteiger partial charge is 0.456 e. The van der Waals surface area contributed by atoms with Crippen LogP contribution in [0.2, 0.25) is 0 Å². The number of fused-ring (bicyclic) bond motifs is 7. The van der Waals surface area contributed by atoms with Crippen LogP contribution in [0.4, 0.5) is 17.2 Å². The maximum absolute atomic E-state index is 6.14. The topological polar surface area (TPSA) is 55.3 Å². The summed E-state index contributed by atoms with van der Waals surface area (Å²) in [7, 11) is 0. The molecule has 0 aliphatic carbocycles. The molecule has 4 heterocycles. The average molecular weight is 478 g/mol. The van der Waals surface area contributed by atoms with Crippen LogP contribution < -0.4 is 4.90 Å². The standard InChI is InChI=1S/C32H19N3O2/c1-2-6-21-17-22(10-9-20(21)5-1)35(23-11-13-29-26(18-23)27-19-33-16-15-30(27)36-29)31-14-12-25-24-7-3-4-8-28(24)37-32(25)34-31/h1-19H. The summed E-state index contributed by atoms with van der Waals surface area (Å²) in [6.45, 7) is 0. The Morgan fingerprint density at radius 2 is 1.32 bits per heavy atom. The molecule has 0 aliphatic rings. The molecule has 0 saturated heterocycles.